The zero-order valence-corrected chi connectivity index (χ0v) is 13.9. The Bertz CT molecular complexity index is 793. The molecule has 0 saturated heterocycles. The molecule has 25 heavy (non-hydrogen) atoms. The number of carbonyl (C=O) groups excluding carboxylic acids is 1. The number of rotatable bonds is 4. The van der Waals surface area contributed by atoms with E-state index in [0.29, 0.717) is 6.07 Å². The van der Waals surface area contributed by atoms with Crippen molar-refractivity contribution in [2.45, 2.75) is 31.4 Å². The highest BCUT2D eigenvalue weighted by molar-refractivity contribution is 5.74. The number of amides is 2. The molecule has 0 saturated carbocycles. The van der Waals surface area contributed by atoms with Crippen LogP contribution < -0.4 is 10.6 Å². The molecule has 2 atom stereocenters. The van der Waals surface area contributed by atoms with Crippen LogP contribution >= 0.6 is 0 Å². The van der Waals surface area contributed by atoms with Crippen molar-refractivity contribution in [1.29, 1.82) is 0 Å². The largest absolute Gasteiger partial charge is 0.383 e. The van der Waals surface area contributed by atoms with Gasteiger partial charge in [0.15, 0.2) is 0 Å². The Balaban J connectivity index is 1.60. The summed E-state index contributed by atoms with van der Waals surface area (Å²) in [7, 11) is 0. The zero-order valence-electron chi connectivity index (χ0n) is 13.9. The van der Waals surface area contributed by atoms with Crippen molar-refractivity contribution < 1.29 is 18.7 Å². The van der Waals surface area contributed by atoms with Crippen LogP contribution in [0.25, 0.3) is 0 Å². The molecule has 3 rings (SSSR count). The fraction of sp³-hybridized carbons (Fsp3) is 0.316. The van der Waals surface area contributed by atoms with Crippen molar-refractivity contribution in [1.82, 2.24) is 10.6 Å². The van der Waals surface area contributed by atoms with Crippen molar-refractivity contribution in [3.8, 4) is 0 Å². The van der Waals surface area contributed by atoms with E-state index in [9.17, 15) is 18.7 Å². The standard InChI is InChI=1S/C19H20F2N2O2/c1-19(25,15-8-7-13(20)10-16(15)21)11-22-18(24)23-17-9-6-12-4-2-3-5-14(12)17/h2-5,7-8,10,17,25H,6,9,11H2,1H3,(H2,22,23,24). The molecule has 4 nitrogen and oxygen atoms in total. The maximum atomic E-state index is 13.8. The van der Waals surface area contributed by atoms with Gasteiger partial charge in [-0.3, -0.25) is 0 Å². The van der Waals surface area contributed by atoms with Crippen molar-refractivity contribution in [2.75, 3.05) is 6.54 Å². The lowest BCUT2D eigenvalue weighted by Crippen LogP contribution is -2.44. The first-order valence-electron chi connectivity index (χ1n) is 8.17. The van der Waals surface area contributed by atoms with Crippen LogP contribution in [-0.4, -0.2) is 17.7 Å². The van der Waals surface area contributed by atoms with Crippen molar-refractivity contribution in [2.24, 2.45) is 0 Å². The summed E-state index contributed by atoms with van der Waals surface area (Å²) in [6.07, 6.45) is 1.72. The van der Waals surface area contributed by atoms with E-state index in [1.165, 1.54) is 18.6 Å². The van der Waals surface area contributed by atoms with Crippen LogP contribution in [0.15, 0.2) is 42.5 Å². The summed E-state index contributed by atoms with van der Waals surface area (Å²) < 4.78 is 26.8. The Morgan fingerprint density at radius 1 is 1.28 bits per heavy atom. The fourth-order valence-electron chi connectivity index (χ4n) is 3.19. The van der Waals surface area contributed by atoms with Crippen LogP contribution in [0.2, 0.25) is 0 Å². The van der Waals surface area contributed by atoms with Crippen LogP contribution in [0.4, 0.5) is 13.6 Å². The number of urea groups is 1. The number of nitrogens with one attached hydrogen (secondary N) is 2. The average Bonchev–Trinajstić information content (AvgIpc) is 2.96. The molecule has 2 aromatic rings. The Morgan fingerprint density at radius 3 is 2.80 bits per heavy atom. The van der Waals surface area contributed by atoms with Crippen LogP contribution in [0, 0.1) is 11.6 Å². The molecule has 6 heteroatoms. The monoisotopic (exact) mass is 346 g/mol. The molecule has 1 aliphatic rings. The molecule has 1 aliphatic carbocycles. The molecule has 0 bridgehead atoms. The summed E-state index contributed by atoms with van der Waals surface area (Å²) in [6, 6.07) is 10.4. The number of carbonyl (C=O) groups is 1. The van der Waals surface area contributed by atoms with Gasteiger partial charge in [0, 0.05) is 11.6 Å². The molecule has 0 radical (unpaired) electrons. The Labute approximate surface area is 144 Å². The molecule has 2 aromatic carbocycles. The summed E-state index contributed by atoms with van der Waals surface area (Å²) in [4.78, 5) is 12.1. The third-order valence-corrected chi connectivity index (χ3v) is 4.54. The van der Waals surface area contributed by atoms with E-state index in [4.69, 9.17) is 0 Å². The first-order chi connectivity index (χ1) is 11.9. The van der Waals surface area contributed by atoms with Gasteiger partial charge in [0.05, 0.1) is 12.6 Å². The molecule has 2 unspecified atom stereocenters. The lowest BCUT2D eigenvalue weighted by molar-refractivity contribution is 0.0554. The smallest absolute Gasteiger partial charge is 0.315 e. The van der Waals surface area contributed by atoms with Gasteiger partial charge < -0.3 is 15.7 Å². The second-order valence-corrected chi connectivity index (χ2v) is 6.52. The maximum absolute atomic E-state index is 13.8. The third-order valence-electron chi connectivity index (χ3n) is 4.54. The fourth-order valence-corrected chi connectivity index (χ4v) is 3.19. The number of hydrogen-bond donors (Lipinski definition) is 3. The molecule has 2 amide bonds. The van der Waals surface area contributed by atoms with Gasteiger partial charge in [0.2, 0.25) is 0 Å². The first kappa shape index (κ1) is 17.4. The van der Waals surface area contributed by atoms with E-state index < -0.39 is 23.3 Å². The lowest BCUT2D eigenvalue weighted by Gasteiger charge is -2.25. The molecule has 0 fully saturated rings. The highest BCUT2D eigenvalue weighted by Gasteiger charge is 2.28. The van der Waals surface area contributed by atoms with E-state index in [1.807, 2.05) is 24.3 Å². The van der Waals surface area contributed by atoms with Crippen LogP contribution in [0.1, 0.15) is 36.1 Å². The zero-order chi connectivity index (χ0) is 18.0. The van der Waals surface area contributed by atoms with E-state index in [-0.39, 0.29) is 18.2 Å². The normalized spacial score (nSPS) is 18.3. The number of hydrogen-bond acceptors (Lipinski definition) is 2. The molecule has 0 aromatic heterocycles. The van der Waals surface area contributed by atoms with Crippen molar-refractivity contribution >= 4 is 6.03 Å². The van der Waals surface area contributed by atoms with E-state index in [0.717, 1.165) is 24.5 Å². The van der Waals surface area contributed by atoms with Crippen LogP contribution in [0.3, 0.4) is 0 Å². The van der Waals surface area contributed by atoms with E-state index in [2.05, 4.69) is 10.6 Å². The summed E-state index contributed by atoms with van der Waals surface area (Å²) in [5, 5.41) is 15.8. The van der Waals surface area contributed by atoms with Gasteiger partial charge >= 0.3 is 6.03 Å². The minimum absolute atomic E-state index is 0.0691. The summed E-state index contributed by atoms with van der Waals surface area (Å²) in [6.45, 7) is 1.17. The quantitative estimate of drug-likeness (QED) is 0.796. The predicted molar refractivity (Wildman–Crippen MR) is 90.0 cm³/mol. The molecular formula is C19H20F2N2O2. The maximum Gasteiger partial charge on any atom is 0.315 e. The summed E-state index contributed by atoms with van der Waals surface area (Å²) in [5.74, 6) is -1.57. The van der Waals surface area contributed by atoms with Gasteiger partial charge in [-0.15, -0.1) is 0 Å². The second-order valence-electron chi connectivity index (χ2n) is 6.52. The number of aliphatic hydroxyl groups is 1. The minimum atomic E-state index is -1.65. The second kappa shape index (κ2) is 6.80. The van der Waals surface area contributed by atoms with Gasteiger partial charge in [-0.05, 0) is 37.0 Å². The minimum Gasteiger partial charge on any atom is -0.383 e. The molecule has 0 spiro atoms. The Morgan fingerprint density at radius 2 is 2.04 bits per heavy atom. The van der Waals surface area contributed by atoms with Gasteiger partial charge in [0.1, 0.15) is 17.2 Å². The summed E-state index contributed by atoms with van der Waals surface area (Å²) in [5.41, 5.74) is 0.588. The number of halogens is 2. The third kappa shape index (κ3) is 3.79. The van der Waals surface area contributed by atoms with Gasteiger partial charge in [-0.1, -0.05) is 30.3 Å². The molecule has 132 valence electrons. The molecule has 0 aliphatic heterocycles. The number of benzene rings is 2. The van der Waals surface area contributed by atoms with Gasteiger partial charge in [-0.25, -0.2) is 13.6 Å². The SMILES string of the molecule is CC(O)(CNC(=O)NC1CCc2ccccc21)c1ccc(F)cc1F. The Kier molecular flexibility index (Phi) is 4.72. The highest BCUT2D eigenvalue weighted by Crippen LogP contribution is 2.30. The molecule has 0 heterocycles. The van der Waals surface area contributed by atoms with E-state index >= 15 is 0 Å². The van der Waals surface area contributed by atoms with Crippen LogP contribution in [0.5, 0.6) is 0 Å². The van der Waals surface area contributed by atoms with Gasteiger partial charge in [-0.2, -0.15) is 0 Å². The van der Waals surface area contributed by atoms with Crippen LogP contribution in [-0.2, 0) is 12.0 Å². The molecule has 3 N–H and O–H groups in total. The average molecular weight is 346 g/mol. The van der Waals surface area contributed by atoms with Crippen molar-refractivity contribution in [3.05, 3.63) is 70.8 Å². The van der Waals surface area contributed by atoms with Gasteiger partial charge in [0.25, 0.3) is 0 Å². The number of aryl methyl sites for hydroxylation is 1. The lowest BCUT2D eigenvalue weighted by atomic mass is 9.95. The Hall–Kier alpha value is -2.47. The van der Waals surface area contributed by atoms with Crippen molar-refractivity contribution in [3.63, 3.8) is 0 Å². The molecular weight excluding hydrogens is 326 g/mol. The first-order valence-corrected chi connectivity index (χ1v) is 8.17. The van der Waals surface area contributed by atoms with E-state index in [1.54, 1.807) is 0 Å². The number of fused-ring (bicyclic) bond motifs is 1. The predicted octanol–water partition coefficient (Wildman–Crippen LogP) is 3.16. The topological polar surface area (TPSA) is 61.4 Å². The summed E-state index contributed by atoms with van der Waals surface area (Å²) >= 11 is 0. The highest BCUT2D eigenvalue weighted by atomic mass is 19.1.